The average Bonchev–Trinajstić information content (AvgIpc) is 2.35. The Morgan fingerprint density at radius 2 is 2.24 bits per heavy atom. The second-order valence-electron chi connectivity index (χ2n) is 4.43. The van der Waals surface area contributed by atoms with E-state index in [1.165, 1.54) is 6.07 Å². The molecule has 1 aromatic carbocycles. The fraction of sp³-hybridized carbons (Fsp3) is 0.357. The summed E-state index contributed by atoms with van der Waals surface area (Å²) in [4.78, 5) is 11.9. The number of allylic oxidation sites excluding steroid dienone is 2. The number of anilines is 1. The molecule has 0 saturated heterocycles. The molecular weight excluding hydrogens is 217 g/mol. The van der Waals surface area contributed by atoms with E-state index in [0.717, 1.165) is 19.3 Å². The summed E-state index contributed by atoms with van der Waals surface area (Å²) in [6, 6.07) is 4.77. The number of hydrogen-bond donors (Lipinski definition) is 1. The van der Waals surface area contributed by atoms with Crippen LogP contribution in [0.1, 0.15) is 24.8 Å². The fourth-order valence-corrected chi connectivity index (χ4v) is 1.95. The highest BCUT2D eigenvalue weighted by Crippen LogP contribution is 2.21. The average molecular weight is 233 g/mol. The maximum Gasteiger partial charge on any atom is 0.227 e. The predicted molar refractivity (Wildman–Crippen MR) is 66.2 cm³/mol. The van der Waals surface area contributed by atoms with Crippen molar-refractivity contribution in [1.82, 2.24) is 0 Å². The summed E-state index contributed by atoms with van der Waals surface area (Å²) in [5.74, 6) is -0.284. The van der Waals surface area contributed by atoms with Crippen LogP contribution in [0.15, 0.2) is 30.4 Å². The van der Waals surface area contributed by atoms with E-state index in [0.29, 0.717) is 11.3 Å². The summed E-state index contributed by atoms with van der Waals surface area (Å²) in [5, 5.41) is 2.77. The van der Waals surface area contributed by atoms with Crippen LogP contribution in [0.2, 0.25) is 0 Å². The van der Waals surface area contributed by atoms with Gasteiger partial charge in [-0.1, -0.05) is 18.2 Å². The van der Waals surface area contributed by atoms with Gasteiger partial charge in [0, 0.05) is 11.6 Å². The molecule has 90 valence electrons. The molecule has 1 aliphatic carbocycles. The van der Waals surface area contributed by atoms with Crippen LogP contribution in [0.4, 0.5) is 10.1 Å². The third-order valence-corrected chi connectivity index (χ3v) is 3.08. The van der Waals surface area contributed by atoms with E-state index in [1.54, 1.807) is 19.1 Å². The number of benzene rings is 1. The Morgan fingerprint density at radius 3 is 2.88 bits per heavy atom. The number of rotatable bonds is 2. The first-order valence-electron chi connectivity index (χ1n) is 5.89. The number of halogens is 1. The molecule has 0 aromatic heterocycles. The lowest BCUT2D eigenvalue weighted by molar-refractivity contribution is -0.120. The highest BCUT2D eigenvalue weighted by atomic mass is 19.1. The van der Waals surface area contributed by atoms with Crippen LogP contribution in [-0.4, -0.2) is 5.91 Å². The Hall–Kier alpha value is -1.64. The molecule has 1 atom stereocenters. The Labute approximate surface area is 101 Å². The summed E-state index contributed by atoms with van der Waals surface area (Å²) in [6.45, 7) is 1.70. The van der Waals surface area contributed by atoms with Gasteiger partial charge in [-0.2, -0.15) is 0 Å². The minimum absolute atomic E-state index is 0.0161. The van der Waals surface area contributed by atoms with Crippen molar-refractivity contribution in [1.29, 1.82) is 0 Å². The third-order valence-electron chi connectivity index (χ3n) is 3.08. The second kappa shape index (κ2) is 5.13. The summed E-state index contributed by atoms with van der Waals surface area (Å²) >= 11 is 0. The van der Waals surface area contributed by atoms with Gasteiger partial charge in [0.2, 0.25) is 5.91 Å². The number of aryl methyl sites for hydroxylation is 1. The zero-order valence-corrected chi connectivity index (χ0v) is 9.87. The van der Waals surface area contributed by atoms with Gasteiger partial charge in [0.05, 0.1) is 0 Å². The maximum atomic E-state index is 13.3. The van der Waals surface area contributed by atoms with Gasteiger partial charge < -0.3 is 5.32 Å². The van der Waals surface area contributed by atoms with E-state index in [-0.39, 0.29) is 17.6 Å². The molecule has 2 rings (SSSR count). The largest absolute Gasteiger partial charge is 0.326 e. The lowest BCUT2D eigenvalue weighted by Crippen LogP contribution is -2.23. The molecule has 1 aliphatic rings. The van der Waals surface area contributed by atoms with Crippen molar-refractivity contribution in [2.45, 2.75) is 26.2 Å². The van der Waals surface area contributed by atoms with Crippen molar-refractivity contribution in [3.63, 3.8) is 0 Å². The fourth-order valence-electron chi connectivity index (χ4n) is 1.95. The van der Waals surface area contributed by atoms with Crippen molar-refractivity contribution in [2.24, 2.45) is 5.92 Å². The molecule has 0 radical (unpaired) electrons. The van der Waals surface area contributed by atoms with Gasteiger partial charge in [-0.15, -0.1) is 0 Å². The number of carbonyl (C=O) groups excluding carboxylic acids is 1. The highest BCUT2D eigenvalue weighted by Gasteiger charge is 2.18. The minimum Gasteiger partial charge on any atom is -0.326 e. The first kappa shape index (κ1) is 11.8. The van der Waals surface area contributed by atoms with Crippen molar-refractivity contribution in [3.05, 3.63) is 41.7 Å². The molecule has 0 aliphatic heterocycles. The third kappa shape index (κ3) is 2.93. The van der Waals surface area contributed by atoms with Gasteiger partial charge in [0.25, 0.3) is 0 Å². The Bertz CT molecular complexity index is 454. The van der Waals surface area contributed by atoms with Crippen molar-refractivity contribution < 1.29 is 9.18 Å². The van der Waals surface area contributed by atoms with Crippen molar-refractivity contribution in [3.8, 4) is 0 Å². The molecule has 0 heterocycles. The molecule has 3 heteroatoms. The van der Waals surface area contributed by atoms with E-state index >= 15 is 0 Å². The zero-order chi connectivity index (χ0) is 12.3. The van der Waals surface area contributed by atoms with E-state index in [1.807, 2.05) is 6.08 Å². The molecule has 0 bridgehead atoms. The van der Waals surface area contributed by atoms with Gasteiger partial charge in [0.15, 0.2) is 0 Å². The van der Waals surface area contributed by atoms with Gasteiger partial charge in [-0.25, -0.2) is 4.39 Å². The summed E-state index contributed by atoms with van der Waals surface area (Å²) in [7, 11) is 0. The highest BCUT2D eigenvalue weighted by molar-refractivity contribution is 5.92. The lowest BCUT2D eigenvalue weighted by atomic mass is 9.93. The van der Waals surface area contributed by atoms with Crippen molar-refractivity contribution >= 4 is 11.6 Å². The first-order valence-corrected chi connectivity index (χ1v) is 5.89. The van der Waals surface area contributed by atoms with Crippen LogP contribution in [0.3, 0.4) is 0 Å². The predicted octanol–water partition coefficient (Wildman–Crippen LogP) is 3.43. The van der Waals surface area contributed by atoms with E-state index in [2.05, 4.69) is 11.4 Å². The Kier molecular flexibility index (Phi) is 3.57. The SMILES string of the molecule is Cc1ccc(NC(=O)[C@H]2CC=CCC2)cc1F. The minimum atomic E-state index is -0.286. The summed E-state index contributed by atoms with van der Waals surface area (Å²) < 4.78 is 13.3. The van der Waals surface area contributed by atoms with Crippen LogP contribution >= 0.6 is 0 Å². The molecule has 17 heavy (non-hydrogen) atoms. The smallest absolute Gasteiger partial charge is 0.227 e. The molecule has 0 spiro atoms. The Morgan fingerprint density at radius 1 is 1.41 bits per heavy atom. The monoisotopic (exact) mass is 233 g/mol. The van der Waals surface area contributed by atoms with E-state index in [4.69, 9.17) is 0 Å². The molecule has 0 fully saturated rings. The molecule has 1 aromatic rings. The molecule has 0 unspecified atom stereocenters. The molecule has 2 nitrogen and oxygen atoms in total. The van der Waals surface area contributed by atoms with Gasteiger partial charge in [0.1, 0.15) is 5.82 Å². The quantitative estimate of drug-likeness (QED) is 0.779. The number of amides is 1. The van der Waals surface area contributed by atoms with E-state index in [9.17, 15) is 9.18 Å². The summed E-state index contributed by atoms with van der Waals surface area (Å²) in [6.07, 6.45) is 6.72. The number of carbonyl (C=O) groups is 1. The van der Waals surface area contributed by atoms with Crippen LogP contribution in [-0.2, 0) is 4.79 Å². The van der Waals surface area contributed by atoms with E-state index < -0.39 is 0 Å². The van der Waals surface area contributed by atoms with Gasteiger partial charge >= 0.3 is 0 Å². The Balaban J connectivity index is 2.02. The molecule has 0 saturated carbocycles. The van der Waals surface area contributed by atoms with Crippen LogP contribution < -0.4 is 5.32 Å². The van der Waals surface area contributed by atoms with Crippen LogP contribution in [0.25, 0.3) is 0 Å². The number of nitrogens with one attached hydrogen (secondary N) is 1. The standard InChI is InChI=1S/C14H16FNO/c1-10-7-8-12(9-13(10)15)16-14(17)11-5-3-2-4-6-11/h2-3,7-9,11H,4-6H2,1H3,(H,16,17)/t11-/m0/s1. The molecule has 1 N–H and O–H groups in total. The molecule has 1 amide bonds. The van der Waals surface area contributed by atoms with Crippen LogP contribution in [0.5, 0.6) is 0 Å². The lowest BCUT2D eigenvalue weighted by Gasteiger charge is -2.17. The second-order valence-corrected chi connectivity index (χ2v) is 4.43. The topological polar surface area (TPSA) is 29.1 Å². The number of hydrogen-bond acceptors (Lipinski definition) is 1. The van der Waals surface area contributed by atoms with Gasteiger partial charge in [-0.05, 0) is 43.9 Å². The zero-order valence-electron chi connectivity index (χ0n) is 9.87. The van der Waals surface area contributed by atoms with Crippen LogP contribution in [0, 0.1) is 18.7 Å². The normalized spacial score (nSPS) is 19.1. The van der Waals surface area contributed by atoms with Crippen molar-refractivity contribution in [2.75, 3.05) is 5.32 Å². The maximum absolute atomic E-state index is 13.3. The van der Waals surface area contributed by atoms with Gasteiger partial charge in [-0.3, -0.25) is 4.79 Å². The molecular formula is C14H16FNO. The summed E-state index contributed by atoms with van der Waals surface area (Å²) in [5.41, 5.74) is 1.12. The first-order chi connectivity index (χ1) is 8.16.